The van der Waals surface area contributed by atoms with E-state index in [2.05, 4.69) is 4.74 Å². The minimum atomic E-state index is -0.879. The van der Waals surface area contributed by atoms with Crippen molar-refractivity contribution in [1.29, 1.82) is 0 Å². The van der Waals surface area contributed by atoms with Gasteiger partial charge in [-0.1, -0.05) is 30.3 Å². The molecule has 1 fully saturated rings. The Morgan fingerprint density at radius 3 is 2.65 bits per heavy atom. The largest absolute Gasteiger partial charge is 0.467 e. The van der Waals surface area contributed by atoms with E-state index in [-0.39, 0.29) is 25.4 Å². The van der Waals surface area contributed by atoms with Crippen LogP contribution in [-0.4, -0.2) is 42.4 Å². The van der Waals surface area contributed by atoms with E-state index in [1.54, 1.807) is 0 Å². The quantitative estimate of drug-likeness (QED) is 0.775. The smallest absolute Gasteiger partial charge is 0.411 e. The summed E-state index contributed by atoms with van der Waals surface area (Å²) in [7, 11) is 1.22. The van der Waals surface area contributed by atoms with Crippen LogP contribution >= 0.6 is 0 Å². The number of likely N-dealkylation sites (tertiary alicyclic amines) is 1. The van der Waals surface area contributed by atoms with Gasteiger partial charge in [-0.2, -0.15) is 0 Å². The third kappa shape index (κ3) is 3.14. The number of benzene rings is 1. The van der Waals surface area contributed by atoms with Gasteiger partial charge in [0.05, 0.1) is 13.7 Å². The molecule has 1 amide bonds. The summed E-state index contributed by atoms with van der Waals surface area (Å²) >= 11 is 0. The van der Waals surface area contributed by atoms with Crippen LogP contribution in [0.15, 0.2) is 30.3 Å². The number of hydrogen-bond donors (Lipinski definition) is 0. The zero-order valence-electron chi connectivity index (χ0n) is 11.1. The maximum Gasteiger partial charge on any atom is 0.411 e. The SMILES string of the molecule is COC(=O)[C@H]1CC(=O)CN1C(=O)OCc1ccccc1. The van der Waals surface area contributed by atoms with Crippen molar-refractivity contribution < 1.29 is 23.9 Å². The number of hydrogen-bond acceptors (Lipinski definition) is 5. The van der Waals surface area contributed by atoms with Crippen LogP contribution in [0, 0.1) is 0 Å². The summed E-state index contributed by atoms with van der Waals surface area (Å²) in [5.41, 5.74) is 0.834. The number of amides is 1. The maximum absolute atomic E-state index is 11.9. The Labute approximate surface area is 116 Å². The Morgan fingerprint density at radius 2 is 2.00 bits per heavy atom. The molecule has 106 valence electrons. The number of ketones is 1. The summed E-state index contributed by atoms with van der Waals surface area (Å²) in [4.78, 5) is 36.0. The molecule has 0 spiro atoms. The highest BCUT2D eigenvalue weighted by Gasteiger charge is 2.40. The fraction of sp³-hybridized carbons (Fsp3) is 0.357. The van der Waals surface area contributed by atoms with Crippen LogP contribution in [0.3, 0.4) is 0 Å². The van der Waals surface area contributed by atoms with Crippen LogP contribution in [0.4, 0.5) is 4.79 Å². The van der Waals surface area contributed by atoms with Crippen molar-refractivity contribution in [1.82, 2.24) is 4.90 Å². The van der Waals surface area contributed by atoms with Crippen LogP contribution in [-0.2, 0) is 25.7 Å². The van der Waals surface area contributed by atoms with Gasteiger partial charge >= 0.3 is 12.1 Å². The first-order chi connectivity index (χ1) is 9.61. The Bertz CT molecular complexity index is 514. The van der Waals surface area contributed by atoms with E-state index in [1.807, 2.05) is 30.3 Å². The zero-order chi connectivity index (χ0) is 14.5. The molecule has 1 saturated heterocycles. The molecule has 1 heterocycles. The molecule has 1 aromatic carbocycles. The Balaban J connectivity index is 1.97. The highest BCUT2D eigenvalue weighted by atomic mass is 16.6. The first-order valence-corrected chi connectivity index (χ1v) is 6.18. The van der Waals surface area contributed by atoms with E-state index < -0.39 is 18.1 Å². The summed E-state index contributed by atoms with van der Waals surface area (Å²) in [5.74, 6) is -0.787. The van der Waals surface area contributed by atoms with Gasteiger partial charge in [-0.05, 0) is 5.56 Å². The van der Waals surface area contributed by atoms with Crippen LogP contribution in [0.25, 0.3) is 0 Å². The second-order valence-corrected chi connectivity index (χ2v) is 4.45. The summed E-state index contributed by atoms with van der Waals surface area (Å²) in [6, 6.07) is 8.29. The molecule has 0 aromatic heterocycles. The lowest BCUT2D eigenvalue weighted by Gasteiger charge is -2.21. The van der Waals surface area contributed by atoms with E-state index in [0.29, 0.717) is 0 Å². The minimum Gasteiger partial charge on any atom is -0.467 e. The molecule has 6 heteroatoms. The van der Waals surface area contributed by atoms with Crippen molar-refractivity contribution in [2.75, 3.05) is 13.7 Å². The van der Waals surface area contributed by atoms with Gasteiger partial charge in [-0.15, -0.1) is 0 Å². The van der Waals surface area contributed by atoms with Crippen LogP contribution in [0.2, 0.25) is 0 Å². The van der Waals surface area contributed by atoms with E-state index in [1.165, 1.54) is 7.11 Å². The van der Waals surface area contributed by atoms with Gasteiger partial charge in [0.15, 0.2) is 5.78 Å². The van der Waals surface area contributed by atoms with Gasteiger partial charge in [0.2, 0.25) is 0 Å². The monoisotopic (exact) mass is 277 g/mol. The molecule has 0 aliphatic carbocycles. The van der Waals surface area contributed by atoms with Crippen molar-refractivity contribution in [3.8, 4) is 0 Å². The normalized spacial score (nSPS) is 17.9. The van der Waals surface area contributed by atoms with Crippen LogP contribution in [0.1, 0.15) is 12.0 Å². The lowest BCUT2D eigenvalue weighted by atomic mass is 10.2. The minimum absolute atomic E-state index is 0.0207. The molecule has 6 nitrogen and oxygen atoms in total. The van der Waals surface area contributed by atoms with Gasteiger partial charge < -0.3 is 9.47 Å². The Morgan fingerprint density at radius 1 is 1.30 bits per heavy atom. The summed E-state index contributed by atoms with van der Waals surface area (Å²) in [6.45, 7) is -0.0222. The predicted octanol–water partition coefficient (Wildman–Crippen LogP) is 1.14. The molecular formula is C14H15NO5. The number of ether oxygens (including phenoxy) is 2. The fourth-order valence-corrected chi connectivity index (χ4v) is 2.03. The number of rotatable bonds is 3. The Kier molecular flexibility index (Phi) is 4.34. The summed E-state index contributed by atoms with van der Waals surface area (Å²) in [5, 5.41) is 0. The molecule has 0 N–H and O–H groups in total. The average Bonchev–Trinajstić information content (AvgIpc) is 2.87. The molecule has 0 bridgehead atoms. The van der Waals surface area contributed by atoms with Crippen molar-refractivity contribution >= 4 is 17.8 Å². The third-order valence-electron chi connectivity index (χ3n) is 3.06. The van der Waals surface area contributed by atoms with Crippen LogP contribution < -0.4 is 0 Å². The van der Waals surface area contributed by atoms with Gasteiger partial charge in [0.25, 0.3) is 0 Å². The maximum atomic E-state index is 11.9. The molecule has 0 saturated carbocycles. The molecule has 1 aromatic rings. The van der Waals surface area contributed by atoms with Crippen LogP contribution in [0.5, 0.6) is 0 Å². The molecular weight excluding hydrogens is 262 g/mol. The van der Waals surface area contributed by atoms with Crippen molar-refractivity contribution in [2.24, 2.45) is 0 Å². The second kappa shape index (κ2) is 6.18. The number of methoxy groups -OCH3 is 1. The lowest BCUT2D eigenvalue weighted by molar-refractivity contribution is -0.145. The summed E-state index contributed by atoms with van der Waals surface area (Å²) in [6.07, 6.45) is -0.706. The number of esters is 1. The van der Waals surface area contributed by atoms with E-state index in [9.17, 15) is 14.4 Å². The average molecular weight is 277 g/mol. The molecule has 1 aliphatic heterocycles. The van der Waals surface area contributed by atoms with Gasteiger partial charge in [0, 0.05) is 6.42 Å². The Hall–Kier alpha value is -2.37. The second-order valence-electron chi connectivity index (χ2n) is 4.45. The zero-order valence-corrected chi connectivity index (χ0v) is 11.1. The van der Waals surface area contributed by atoms with Gasteiger partial charge in [0.1, 0.15) is 12.6 Å². The van der Waals surface area contributed by atoms with E-state index in [0.717, 1.165) is 10.5 Å². The van der Waals surface area contributed by atoms with Crippen molar-refractivity contribution in [3.63, 3.8) is 0 Å². The number of carbonyl (C=O) groups excluding carboxylic acids is 3. The number of nitrogens with zero attached hydrogens (tertiary/aromatic N) is 1. The summed E-state index contributed by atoms with van der Waals surface area (Å²) < 4.78 is 9.70. The molecule has 2 rings (SSSR count). The molecule has 1 atom stereocenters. The van der Waals surface area contributed by atoms with E-state index >= 15 is 0 Å². The number of Topliss-reactive ketones (excluding diaryl/α,β-unsaturated/α-hetero) is 1. The van der Waals surface area contributed by atoms with Gasteiger partial charge in [-0.3, -0.25) is 9.69 Å². The number of carbonyl (C=O) groups is 3. The molecule has 1 aliphatic rings. The lowest BCUT2D eigenvalue weighted by Crippen LogP contribution is -2.41. The van der Waals surface area contributed by atoms with Crippen molar-refractivity contribution in [3.05, 3.63) is 35.9 Å². The molecule has 0 unspecified atom stereocenters. The molecule has 0 radical (unpaired) electrons. The predicted molar refractivity (Wildman–Crippen MR) is 68.8 cm³/mol. The first-order valence-electron chi connectivity index (χ1n) is 6.18. The third-order valence-corrected chi connectivity index (χ3v) is 3.06. The molecule has 20 heavy (non-hydrogen) atoms. The van der Waals surface area contributed by atoms with Crippen molar-refractivity contribution in [2.45, 2.75) is 19.1 Å². The fourth-order valence-electron chi connectivity index (χ4n) is 2.03. The van der Waals surface area contributed by atoms with Gasteiger partial charge in [-0.25, -0.2) is 9.59 Å². The van der Waals surface area contributed by atoms with E-state index in [4.69, 9.17) is 4.74 Å². The standard InChI is InChI=1S/C14H15NO5/c1-19-13(17)12-7-11(16)8-15(12)14(18)20-9-10-5-3-2-4-6-10/h2-6,12H,7-9H2,1H3/t12-/m1/s1. The highest BCUT2D eigenvalue weighted by Crippen LogP contribution is 2.17. The highest BCUT2D eigenvalue weighted by molar-refractivity contribution is 5.95. The topological polar surface area (TPSA) is 72.9 Å². The first kappa shape index (κ1) is 14.0.